The third-order valence-electron chi connectivity index (χ3n) is 8.43. The topological polar surface area (TPSA) is 106 Å². The molecule has 262 valence electrons. The molecule has 10 nitrogen and oxygen atoms in total. The van der Waals surface area contributed by atoms with Crippen molar-refractivity contribution < 1.29 is 36.9 Å². The lowest BCUT2D eigenvalue weighted by molar-refractivity contribution is -0.139. The quantitative estimate of drug-likeness (QED) is 0.117. The summed E-state index contributed by atoms with van der Waals surface area (Å²) in [5.41, 5.74) is 0.349. The van der Waals surface area contributed by atoms with Gasteiger partial charge in [-0.25, -0.2) is 4.79 Å². The molecule has 1 spiro atoms. The van der Waals surface area contributed by atoms with E-state index in [-0.39, 0.29) is 28.0 Å². The van der Waals surface area contributed by atoms with E-state index in [0.717, 1.165) is 51.4 Å². The summed E-state index contributed by atoms with van der Waals surface area (Å²) in [5.74, 6) is 1.44. The monoisotopic (exact) mass is 721 g/mol. The molecule has 0 radical (unpaired) electrons. The number of methoxy groups -OCH3 is 1. The van der Waals surface area contributed by atoms with Crippen molar-refractivity contribution >= 4 is 58.9 Å². The smallest absolute Gasteiger partial charge is 0.417 e. The number of hydrogen-bond acceptors (Lipinski definition) is 8. The number of halogens is 5. The minimum atomic E-state index is -4.68. The maximum atomic E-state index is 13.2. The Morgan fingerprint density at radius 3 is 2.41 bits per heavy atom. The number of carbonyl (C=O) groups is 1. The molecule has 2 heterocycles. The predicted molar refractivity (Wildman–Crippen MR) is 185 cm³/mol. The molecule has 2 N–H and O–H groups in total. The van der Waals surface area contributed by atoms with Crippen LogP contribution in [0.15, 0.2) is 58.5 Å². The lowest BCUT2D eigenvalue weighted by Gasteiger charge is -2.47. The SMILES string of the molecule is C=Nc1cc(OCCCN2CCC3(CC2)COC3)c(OC)cc1C(=NC)Oc1ccc(NC(=O)Nc2ccc(Cl)c(C(F)(F)F)c2)c(Cl)c1. The zero-order chi connectivity index (χ0) is 35.2. The number of urea groups is 1. The molecule has 49 heavy (non-hydrogen) atoms. The molecule has 2 aliphatic heterocycles. The van der Waals surface area contributed by atoms with Gasteiger partial charge < -0.3 is 34.5 Å². The normalized spacial score (nSPS) is 16.1. The highest BCUT2D eigenvalue weighted by atomic mass is 35.5. The zero-order valence-electron chi connectivity index (χ0n) is 27.0. The molecule has 0 aromatic heterocycles. The summed E-state index contributed by atoms with van der Waals surface area (Å²) < 4.78 is 62.7. The summed E-state index contributed by atoms with van der Waals surface area (Å²) in [6.45, 7) is 9.06. The van der Waals surface area contributed by atoms with E-state index < -0.39 is 22.8 Å². The van der Waals surface area contributed by atoms with E-state index in [1.165, 1.54) is 44.2 Å². The Bertz CT molecular complexity index is 1710. The molecule has 2 saturated heterocycles. The highest BCUT2D eigenvalue weighted by Crippen LogP contribution is 2.39. The number of ether oxygens (including phenoxy) is 4. The highest BCUT2D eigenvalue weighted by Gasteiger charge is 2.41. The van der Waals surface area contributed by atoms with Crippen molar-refractivity contribution in [3.8, 4) is 17.2 Å². The van der Waals surface area contributed by atoms with Gasteiger partial charge in [-0.3, -0.25) is 9.98 Å². The van der Waals surface area contributed by atoms with Crippen molar-refractivity contribution in [3.05, 3.63) is 69.7 Å². The van der Waals surface area contributed by atoms with Gasteiger partial charge in [-0.2, -0.15) is 13.2 Å². The molecule has 0 unspecified atom stereocenters. The molecule has 3 aromatic carbocycles. The summed E-state index contributed by atoms with van der Waals surface area (Å²) in [4.78, 5) is 23.4. The van der Waals surface area contributed by atoms with E-state index in [0.29, 0.717) is 34.8 Å². The maximum absolute atomic E-state index is 13.2. The molecule has 0 bridgehead atoms. The number of rotatable bonds is 11. The first-order valence-electron chi connectivity index (χ1n) is 15.4. The van der Waals surface area contributed by atoms with Gasteiger partial charge in [0.15, 0.2) is 11.5 Å². The number of benzene rings is 3. The number of amides is 2. The van der Waals surface area contributed by atoms with Crippen LogP contribution >= 0.6 is 23.2 Å². The zero-order valence-corrected chi connectivity index (χ0v) is 28.5. The Kier molecular flexibility index (Phi) is 11.6. The van der Waals surface area contributed by atoms with Crippen LogP contribution in [0.5, 0.6) is 17.2 Å². The highest BCUT2D eigenvalue weighted by molar-refractivity contribution is 6.34. The minimum absolute atomic E-state index is 0.0969. The fourth-order valence-electron chi connectivity index (χ4n) is 5.62. The fourth-order valence-corrected chi connectivity index (χ4v) is 6.07. The Hall–Kier alpha value is -4.04. The third kappa shape index (κ3) is 8.96. The van der Waals surface area contributed by atoms with E-state index >= 15 is 0 Å². The average molecular weight is 723 g/mol. The van der Waals surface area contributed by atoms with Crippen LogP contribution in [0.2, 0.25) is 10.0 Å². The predicted octanol–water partition coefficient (Wildman–Crippen LogP) is 8.33. The van der Waals surface area contributed by atoms with Crippen molar-refractivity contribution in [2.75, 3.05) is 64.2 Å². The summed E-state index contributed by atoms with van der Waals surface area (Å²) in [6, 6.07) is 10.1. The molecule has 0 atom stereocenters. The molecule has 0 saturated carbocycles. The second kappa shape index (κ2) is 15.7. The minimum Gasteiger partial charge on any atom is -0.493 e. The number of hydrogen-bond donors (Lipinski definition) is 2. The first-order valence-corrected chi connectivity index (χ1v) is 16.2. The lowest BCUT2D eigenvalue weighted by Crippen LogP contribution is -2.51. The molecule has 2 fully saturated rings. The Morgan fingerprint density at radius 1 is 1.04 bits per heavy atom. The molecule has 2 aliphatic rings. The fraction of sp³-hybridized carbons (Fsp3) is 0.382. The number of alkyl halides is 3. The van der Waals surface area contributed by atoms with Crippen LogP contribution in [-0.4, -0.2) is 77.2 Å². The van der Waals surface area contributed by atoms with Gasteiger partial charge in [-0.05, 0) is 75.5 Å². The third-order valence-corrected chi connectivity index (χ3v) is 9.07. The van der Waals surface area contributed by atoms with Gasteiger partial charge in [0.25, 0.3) is 0 Å². The van der Waals surface area contributed by atoms with Crippen LogP contribution in [-0.2, 0) is 10.9 Å². The van der Waals surface area contributed by atoms with Gasteiger partial charge >= 0.3 is 12.2 Å². The molecule has 5 rings (SSSR count). The van der Waals surface area contributed by atoms with Gasteiger partial charge in [-0.15, -0.1) is 0 Å². The molecule has 0 aliphatic carbocycles. The largest absolute Gasteiger partial charge is 0.493 e. The van der Waals surface area contributed by atoms with E-state index in [2.05, 4.69) is 32.2 Å². The number of nitrogens with one attached hydrogen (secondary N) is 2. The average Bonchev–Trinajstić information content (AvgIpc) is 3.06. The summed E-state index contributed by atoms with van der Waals surface area (Å²) >= 11 is 12.1. The van der Waals surface area contributed by atoms with Crippen molar-refractivity contribution in [1.29, 1.82) is 0 Å². The van der Waals surface area contributed by atoms with Gasteiger partial charge in [-0.1, -0.05) is 23.2 Å². The lowest BCUT2D eigenvalue weighted by atomic mass is 9.77. The number of likely N-dealkylation sites (tertiary alicyclic amines) is 1. The molecule has 3 aromatic rings. The van der Waals surface area contributed by atoms with Crippen LogP contribution in [0.1, 0.15) is 30.4 Å². The molecule has 15 heteroatoms. The standard InChI is InChI=1S/C34H36Cl2F3N5O5/c1-40-28-18-30(48-14-4-11-44-12-9-33(10-13-44)19-47-20-33)29(46-3)17-23(28)31(41-2)49-22-6-8-27(26(36)16-22)43-32(45)42-21-5-7-25(35)24(15-21)34(37,38)39/h5-8,15-18H,1,4,9-14,19-20H2,2-3H3,(H2,42,43,45). The first kappa shape index (κ1) is 36.2. The second-order valence-electron chi connectivity index (χ2n) is 11.8. The van der Waals surface area contributed by atoms with E-state index in [1.807, 2.05) is 0 Å². The molecule has 2 amide bonds. The van der Waals surface area contributed by atoms with E-state index in [1.54, 1.807) is 19.2 Å². The maximum Gasteiger partial charge on any atom is 0.417 e. The van der Waals surface area contributed by atoms with Crippen LogP contribution in [0.3, 0.4) is 0 Å². The van der Waals surface area contributed by atoms with Crippen LogP contribution in [0.25, 0.3) is 0 Å². The Labute approximate surface area is 292 Å². The van der Waals surface area contributed by atoms with Gasteiger partial charge in [0, 0.05) is 36.8 Å². The van der Waals surface area contributed by atoms with Crippen molar-refractivity contribution in [1.82, 2.24) is 4.90 Å². The summed E-state index contributed by atoms with van der Waals surface area (Å²) in [7, 11) is 3.08. The van der Waals surface area contributed by atoms with Crippen molar-refractivity contribution in [2.45, 2.75) is 25.4 Å². The van der Waals surface area contributed by atoms with Crippen LogP contribution in [0, 0.1) is 5.41 Å². The van der Waals surface area contributed by atoms with Crippen LogP contribution < -0.4 is 24.8 Å². The molecular formula is C34H36Cl2F3N5O5. The van der Waals surface area contributed by atoms with E-state index in [9.17, 15) is 18.0 Å². The van der Waals surface area contributed by atoms with Gasteiger partial charge in [0.05, 0.1) is 59.5 Å². The second-order valence-corrected chi connectivity index (χ2v) is 12.6. The number of anilines is 2. The van der Waals surface area contributed by atoms with Crippen molar-refractivity contribution in [3.63, 3.8) is 0 Å². The summed E-state index contributed by atoms with van der Waals surface area (Å²) in [6.07, 6.45) is -1.48. The first-order chi connectivity index (χ1) is 23.4. The van der Waals surface area contributed by atoms with Crippen molar-refractivity contribution in [2.24, 2.45) is 15.4 Å². The van der Waals surface area contributed by atoms with Gasteiger partial charge in [0.2, 0.25) is 5.90 Å². The Balaban J connectivity index is 1.19. The number of aliphatic imine (C=N–C) groups is 2. The van der Waals surface area contributed by atoms with Crippen LogP contribution in [0.4, 0.5) is 35.0 Å². The number of nitrogens with zero attached hydrogens (tertiary/aromatic N) is 3. The van der Waals surface area contributed by atoms with E-state index in [4.69, 9.17) is 42.1 Å². The van der Waals surface area contributed by atoms with Gasteiger partial charge in [0.1, 0.15) is 5.75 Å². The molecular weight excluding hydrogens is 686 g/mol. The summed E-state index contributed by atoms with van der Waals surface area (Å²) in [5, 5.41) is 4.45. The number of piperidine rings is 1. The Morgan fingerprint density at radius 2 is 1.80 bits per heavy atom. The number of carbonyl (C=O) groups excluding carboxylic acids is 1.